The molecule has 0 saturated heterocycles. The molecule has 1 N–H and O–H groups in total. The van der Waals surface area contributed by atoms with Gasteiger partial charge in [-0.1, -0.05) is 12.1 Å². The highest BCUT2D eigenvalue weighted by Gasteiger charge is 2.13. The third-order valence-electron chi connectivity index (χ3n) is 4.55. The van der Waals surface area contributed by atoms with E-state index in [-0.39, 0.29) is 0 Å². The van der Waals surface area contributed by atoms with E-state index in [0.29, 0.717) is 19.8 Å². The van der Waals surface area contributed by atoms with Gasteiger partial charge in [-0.05, 0) is 41.5 Å². The van der Waals surface area contributed by atoms with Gasteiger partial charge in [0.25, 0.3) is 0 Å². The highest BCUT2D eigenvalue weighted by atomic mass is 16.6. The molecule has 6 heteroatoms. The van der Waals surface area contributed by atoms with E-state index in [9.17, 15) is 0 Å². The smallest absolute Gasteiger partial charge is 0.161 e. The van der Waals surface area contributed by atoms with Gasteiger partial charge in [0.2, 0.25) is 0 Å². The lowest BCUT2D eigenvalue weighted by Crippen LogP contribution is -2.15. The fourth-order valence-electron chi connectivity index (χ4n) is 3.18. The van der Waals surface area contributed by atoms with Crippen molar-refractivity contribution in [1.29, 1.82) is 0 Å². The topological polar surface area (TPSA) is 69.4 Å². The van der Waals surface area contributed by atoms with Gasteiger partial charge in [-0.25, -0.2) is 9.97 Å². The van der Waals surface area contributed by atoms with E-state index in [2.05, 4.69) is 27.4 Å². The Morgan fingerprint density at radius 3 is 2.63 bits per heavy atom. The zero-order valence-electron chi connectivity index (χ0n) is 14.5. The first-order chi connectivity index (χ1) is 13.4. The second-order valence-electron chi connectivity index (χ2n) is 6.30. The maximum Gasteiger partial charge on any atom is 0.161 e. The Kier molecular flexibility index (Phi) is 3.86. The summed E-state index contributed by atoms with van der Waals surface area (Å²) in [5, 5.41) is 4.33. The van der Waals surface area contributed by atoms with Crippen LogP contribution in [-0.4, -0.2) is 23.2 Å². The zero-order chi connectivity index (χ0) is 18.1. The molecule has 0 fully saturated rings. The molecule has 2 aromatic carbocycles. The molecule has 0 saturated carbocycles. The summed E-state index contributed by atoms with van der Waals surface area (Å²) < 4.78 is 16.4. The van der Waals surface area contributed by atoms with Crippen molar-refractivity contribution in [3.63, 3.8) is 0 Å². The molecule has 3 heterocycles. The highest BCUT2D eigenvalue weighted by molar-refractivity contribution is 5.92. The van der Waals surface area contributed by atoms with Gasteiger partial charge in [-0.15, -0.1) is 0 Å². The summed E-state index contributed by atoms with van der Waals surface area (Å²) in [4.78, 5) is 8.79. The van der Waals surface area contributed by atoms with Crippen molar-refractivity contribution < 1.29 is 13.9 Å². The van der Waals surface area contributed by atoms with E-state index in [1.165, 1.54) is 0 Å². The van der Waals surface area contributed by atoms with Gasteiger partial charge in [-0.2, -0.15) is 0 Å². The monoisotopic (exact) mass is 359 g/mol. The number of hydrogen-bond donors (Lipinski definition) is 1. The molecule has 1 aliphatic rings. The van der Waals surface area contributed by atoms with E-state index in [0.717, 1.165) is 44.9 Å². The molecular formula is C21H17N3O3. The average molecular weight is 359 g/mol. The Labute approximate surface area is 155 Å². The Hall–Kier alpha value is -3.54. The van der Waals surface area contributed by atoms with Gasteiger partial charge < -0.3 is 19.2 Å². The van der Waals surface area contributed by atoms with E-state index in [1.807, 2.05) is 30.3 Å². The number of hydrogen-bond acceptors (Lipinski definition) is 6. The quantitative estimate of drug-likeness (QED) is 0.587. The van der Waals surface area contributed by atoms with Gasteiger partial charge in [0, 0.05) is 17.5 Å². The number of benzene rings is 2. The normalized spacial score (nSPS) is 12.9. The van der Waals surface area contributed by atoms with Crippen molar-refractivity contribution in [1.82, 2.24) is 9.97 Å². The molecule has 0 bridgehead atoms. The van der Waals surface area contributed by atoms with E-state index >= 15 is 0 Å². The second-order valence-corrected chi connectivity index (χ2v) is 6.30. The molecule has 5 rings (SSSR count). The molecule has 0 aliphatic carbocycles. The zero-order valence-corrected chi connectivity index (χ0v) is 14.5. The number of anilines is 1. The molecule has 0 spiro atoms. The Bertz CT molecular complexity index is 1090. The largest absolute Gasteiger partial charge is 0.486 e. The SMILES string of the molecule is c1nc(NCc2ccoc2)c2cc(-c3ccc4c(c3)OCCO4)ccc2n1. The van der Waals surface area contributed by atoms with Gasteiger partial charge in [0.15, 0.2) is 11.5 Å². The van der Waals surface area contributed by atoms with Crippen molar-refractivity contribution in [2.45, 2.75) is 6.54 Å². The van der Waals surface area contributed by atoms with E-state index in [1.54, 1.807) is 18.9 Å². The highest BCUT2D eigenvalue weighted by Crippen LogP contribution is 2.35. The molecule has 0 radical (unpaired) electrons. The van der Waals surface area contributed by atoms with E-state index < -0.39 is 0 Å². The standard InChI is InChI=1S/C21H17N3O3/c1-3-18-17(21(24-13-23-18)22-11-14-5-6-25-12-14)9-15(1)16-2-4-19-20(10-16)27-8-7-26-19/h1-6,9-10,12-13H,7-8,11H2,(H,22,23,24). The number of ether oxygens (including phenoxy) is 2. The molecule has 0 unspecified atom stereocenters. The number of nitrogens with zero attached hydrogens (tertiary/aromatic N) is 2. The fourth-order valence-corrected chi connectivity index (χ4v) is 3.18. The van der Waals surface area contributed by atoms with Gasteiger partial charge >= 0.3 is 0 Å². The fraction of sp³-hybridized carbons (Fsp3) is 0.143. The van der Waals surface area contributed by atoms with Crippen LogP contribution in [0.2, 0.25) is 0 Å². The van der Waals surface area contributed by atoms with Gasteiger partial charge in [0.05, 0.1) is 18.0 Å². The van der Waals surface area contributed by atoms with Crippen molar-refractivity contribution in [2.24, 2.45) is 0 Å². The predicted molar refractivity (Wildman–Crippen MR) is 102 cm³/mol. The molecule has 6 nitrogen and oxygen atoms in total. The minimum atomic E-state index is 0.574. The van der Waals surface area contributed by atoms with Crippen molar-refractivity contribution >= 4 is 16.7 Å². The summed E-state index contributed by atoms with van der Waals surface area (Å²) in [6.45, 7) is 1.80. The minimum absolute atomic E-state index is 0.574. The van der Waals surface area contributed by atoms with Crippen molar-refractivity contribution in [2.75, 3.05) is 18.5 Å². The lowest BCUT2D eigenvalue weighted by molar-refractivity contribution is 0.171. The maximum absolute atomic E-state index is 5.71. The summed E-state index contributed by atoms with van der Waals surface area (Å²) in [6.07, 6.45) is 4.95. The Balaban J connectivity index is 1.51. The summed E-state index contributed by atoms with van der Waals surface area (Å²) in [6, 6.07) is 14.1. The van der Waals surface area contributed by atoms with Crippen LogP contribution in [0, 0.1) is 0 Å². The van der Waals surface area contributed by atoms with Crippen LogP contribution in [0.4, 0.5) is 5.82 Å². The van der Waals surface area contributed by atoms with Crippen LogP contribution >= 0.6 is 0 Å². The van der Waals surface area contributed by atoms with Crippen molar-refractivity contribution in [3.8, 4) is 22.6 Å². The van der Waals surface area contributed by atoms with Gasteiger partial charge in [-0.3, -0.25) is 0 Å². The summed E-state index contributed by atoms with van der Waals surface area (Å²) >= 11 is 0. The number of aromatic nitrogens is 2. The number of nitrogens with one attached hydrogen (secondary N) is 1. The summed E-state index contributed by atoms with van der Waals surface area (Å²) in [5.41, 5.74) is 4.08. The third-order valence-corrected chi connectivity index (χ3v) is 4.55. The summed E-state index contributed by atoms with van der Waals surface area (Å²) in [5.74, 6) is 2.36. The van der Waals surface area contributed by atoms with E-state index in [4.69, 9.17) is 13.9 Å². The third kappa shape index (κ3) is 3.06. The van der Waals surface area contributed by atoms with Crippen LogP contribution in [-0.2, 0) is 6.54 Å². The number of fused-ring (bicyclic) bond motifs is 2. The molecule has 134 valence electrons. The second kappa shape index (κ2) is 6.64. The Morgan fingerprint density at radius 1 is 0.889 bits per heavy atom. The predicted octanol–water partition coefficient (Wildman–Crippen LogP) is 4.27. The van der Waals surface area contributed by atoms with Crippen LogP contribution < -0.4 is 14.8 Å². The minimum Gasteiger partial charge on any atom is -0.486 e. The lowest BCUT2D eigenvalue weighted by Gasteiger charge is -2.19. The maximum atomic E-state index is 5.71. The molecule has 2 aromatic heterocycles. The summed E-state index contributed by atoms with van der Waals surface area (Å²) in [7, 11) is 0. The molecule has 0 atom stereocenters. The molecule has 1 aliphatic heterocycles. The molecular weight excluding hydrogens is 342 g/mol. The first-order valence-electron chi connectivity index (χ1n) is 8.76. The van der Waals surface area contributed by atoms with Crippen molar-refractivity contribution in [3.05, 3.63) is 66.9 Å². The van der Waals surface area contributed by atoms with Gasteiger partial charge in [0.1, 0.15) is 25.4 Å². The van der Waals surface area contributed by atoms with Crippen LogP contribution in [0.1, 0.15) is 5.56 Å². The lowest BCUT2D eigenvalue weighted by atomic mass is 10.0. The average Bonchev–Trinajstić information content (AvgIpc) is 3.25. The van der Waals surface area contributed by atoms with Crippen LogP contribution in [0.15, 0.2) is 65.7 Å². The van der Waals surface area contributed by atoms with Crippen LogP contribution in [0.5, 0.6) is 11.5 Å². The first kappa shape index (κ1) is 15.7. The molecule has 4 aromatic rings. The molecule has 0 amide bonds. The first-order valence-corrected chi connectivity index (χ1v) is 8.76. The van der Waals surface area contributed by atoms with Crippen LogP contribution in [0.3, 0.4) is 0 Å². The van der Waals surface area contributed by atoms with Crippen LogP contribution in [0.25, 0.3) is 22.0 Å². The Morgan fingerprint density at radius 2 is 1.74 bits per heavy atom. The number of rotatable bonds is 4. The number of furan rings is 1. The molecule has 27 heavy (non-hydrogen) atoms.